The van der Waals surface area contributed by atoms with Crippen LogP contribution in [-0.2, 0) is 17.6 Å². The lowest BCUT2D eigenvalue weighted by atomic mass is 9.95. The Hall–Kier alpha value is -2.31. The fraction of sp³-hybridized carbons (Fsp3) is 0.333. The molecular formula is C15H13F3N2O2. The van der Waals surface area contributed by atoms with Gasteiger partial charge in [0, 0.05) is 17.3 Å². The molecule has 1 aliphatic rings. The summed E-state index contributed by atoms with van der Waals surface area (Å²) in [4.78, 5) is 11.8. The quantitative estimate of drug-likeness (QED) is 0.700. The molecule has 1 atom stereocenters. The second-order valence-electron chi connectivity index (χ2n) is 5.15. The number of nitrogens with one attached hydrogen (secondary N) is 1. The molecule has 0 saturated carbocycles. The highest BCUT2D eigenvalue weighted by Crippen LogP contribution is 2.36. The van der Waals surface area contributed by atoms with E-state index in [1.165, 1.54) is 0 Å². The smallest absolute Gasteiger partial charge is 0.359 e. The summed E-state index contributed by atoms with van der Waals surface area (Å²) in [6, 6.07) is 1.51. The average molecular weight is 310 g/mol. The number of aromatic nitrogens is 2. The normalized spacial score (nSPS) is 16.6. The summed E-state index contributed by atoms with van der Waals surface area (Å²) in [6.45, 7) is 1.89. The Balaban J connectivity index is 1.91. The SMILES string of the molecule is CCOC(=O)c1n[nH]c2c1CC(c1cc(F)cc(F)c1F)C2. The third-order valence-corrected chi connectivity index (χ3v) is 3.78. The molecule has 3 rings (SSSR count). The van der Waals surface area contributed by atoms with Gasteiger partial charge in [0.25, 0.3) is 0 Å². The molecule has 22 heavy (non-hydrogen) atoms. The molecule has 0 bridgehead atoms. The lowest BCUT2D eigenvalue weighted by Crippen LogP contribution is -2.10. The maximum atomic E-state index is 13.9. The van der Waals surface area contributed by atoms with Crippen LogP contribution in [0.5, 0.6) is 0 Å². The molecule has 0 saturated heterocycles. The number of rotatable bonds is 3. The fourth-order valence-electron chi connectivity index (χ4n) is 2.82. The molecule has 0 fully saturated rings. The maximum absolute atomic E-state index is 13.9. The van der Waals surface area contributed by atoms with Crippen LogP contribution in [-0.4, -0.2) is 22.8 Å². The number of ether oxygens (including phenoxy) is 1. The lowest BCUT2D eigenvalue weighted by molar-refractivity contribution is 0.0518. The van der Waals surface area contributed by atoms with Gasteiger partial charge in [-0.25, -0.2) is 18.0 Å². The zero-order chi connectivity index (χ0) is 15.9. The topological polar surface area (TPSA) is 55.0 Å². The summed E-state index contributed by atoms with van der Waals surface area (Å²) in [7, 11) is 0. The van der Waals surface area contributed by atoms with Gasteiger partial charge >= 0.3 is 5.97 Å². The van der Waals surface area contributed by atoms with Crippen molar-refractivity contribution >= 4 is 5.97 Å². The number of benzene rings is 1. The number of carbonyl (C=O) groups excluding carboxylic acids is 1. The lowest BCUT2D eigenvalue weighted by Gasteiger charge is -2.12. The second kappa shape index (κ2) is 5.47. The number of halogens is 3. The van der Waals surface area contributed by atoms with Crippen molar-refractivity contribution in [1.82, 2.24) is 10.2 Å². The first-order valence-corrected chi connectivity index (χ1v) is 6.89. The van der Waals surface area contributed by atoms with E-state index >= 15 is 0 Å². The van der Waals surface area contributed by atoms with E-state index in [0.717, 1.165) is 6.07 Å². The van der Waals surface area contributed by atoms with Gasteiger partial charge < -0.3 is 4.74 Å². The molecule has 0 amide bonds. The van der Waals surface area contributed by atoms with E-state index < -0.39 is 29.3 Å². The van der Waals surface area contributed by atoms with Crippen molar-refractivity contribution in [3.8, 4) is 0 Å². The monoisotopic (exact) mass is 310 g/mol. The van der Waals surface area contributed by atoms with E-state index in [4.69, 9.17) is 4.74 Å². The van der Waals surface area contributed by atoms with Crippen molar-refractivity contribution in [3.05, 3.63) is 52.1 Å². The van der Waals surface area contributed by atoms with Gasteiger partial charge in [-0.1, -0.05) is 0 Å². The number of aromatic amines is 1. The zero-order valence-electron chi connectivity index (χ0n) is 11.8. The Morgan fingerprint density at radius 3 is 2.86 bits per heavy atom. The molecule has 0 aliphatic heterocycles. The molecule has 4 nitrogen and oxygen atoms in total. The Morgan fingerprint density at radius 1 is 1.36 bits per heavy atom. The minimum atomic E-state index is -1.21. The van der Waals surface area contributed by atoms with Gasteiger partial charge in [0.05, 0.1) is 6.61 Å². The Labute approximate surface area is 124 Å². The number of esters is 1. The van der Waals surface area contributed by atoms with Crippen LogP contribution in [0, 0.1) is 17.5 Å². The molecular weight excluding hydrogens is 297 g/mol. The van der Waals surface area contributed by atoms with E-state index in [1.54, 1.807) is 6.92 Å². The van der Waals surface area contributed by atoms with Crippen molar-refractivity contribution in [1.29, 1.82) is 0 Å². The van der Waals surface area contributed by atoms with E-state index in [1.807, 2.05) is 0 Å². The molecule has 0 radical (unpaired) electrons. The molecule has 1 aromatic carbocycles. The Kier molecular flexibility index (Phi) is 3.64. The van der Waals surface area contributed by atoms with Crippen LogP contribution in [0.25, 0.3) is 0 Å². The number of H-pyrrole nitrogens is 1. The molecule has 7 heteroatoms. The van der Waals surface area contributed by atoms with Crippen molar-refractivity contribution in [2.45, 2.75) is 25.7 Å². The molecule has 2 aromatic rings. The molecule has 1 heterocycles. The van der Waals surface area contributed by atoms with Crippen molar-refractivity contribution in [2.24, 2.45) is 0 Å². The van der Waals surface area contributed by atoms with E-state index in [0.29, 0.717) is 23.7 Å². The van der Waals surface area contributed by atoms with E-state index in [2.05, 4.69) is 10.2 Å². The van der Waals surface area contributed by atoms with Crippen molar-refractivity contribution in [3.63, 3.8) is 0 Å². The summed E-state index contributed by atoms with van der Waals surface area (Å²) in [5, 5.41) is 6.61. The third-order valence-electron chi connectivity index (χ3n) is 3.78. The van der Waals surface area contributed by atoms with Crippen LogP contribution in [0.2, 0.25) is 0 Å². The number of carbonyl (C=O) groups is 1. The average Bonchev–Trinajstić information content (AvgIpc) is 3.02. The van der Waals surface area contributed by atoms with Gasteiger partial charge in [-0.05, 0) is 37.3 Å². The van der Waals surface area contributed by atoms with Gasteiger partial charge in [0.15, 0.2) is 17.3 Å². The summed E-state index contributed by atoms with van der Waals surface area (Å²) in [5.41, 5.74) is 1.40. The highest BCUT2D eigenvalue weighted by atomic mass is 19.2. The Morgan fingerprint density at radius 2 is 2.14 bits per heavy atom. The minimum absolute atomic E-state index is 0.0306. The summed E-state index contributed by atoms with van der Waals surface area (Å²) < 4.78 is 45.5. The van der Waals surface area contributed by atoms with Gasteiger partial charge in [-0.15, -0.1) is 0 Å². The van der Waals surface area contributed by atoms with Crippen LogP contribution >= 0.6 is 0 Å². The minimum Gasteiger partial charge on any atom is -0.461 e. The first-order chi connectivity index (χ1) is 10.5. The molecule has 0 spiro atoms. The molecule has 1 unspecified atom stereocenters. The number of fused-ring (bicyclic) bond motifs is 1. The molecule has 116 valence electrons. The predicted molar refractivity (Wildman–Crippen MR) is 71.0 cm³/mol. The molecule has 1 N–H and O–H groups in total. The molecule has 1 aromatic heterocycles. The summed E-state index contributed by atoms with van der Waals surface area (Å²) in [6.07, 6.45) is 0.612. The number of hydrogen-bond donors (Lipinski definition) is 1. The fourth-order valence-corrected chi connectivity index (χ4v) is 2.82. The van der Waals surface area contributed by atoms with Crippen LogP contribution in [0.15, 0.2) is 12.1 Å². The highest BCUT2D eigenvalue weighted by Gasteiger charge is 2.33. The van der Waals surface area contributed by atoms with Gasteiger partial charge in [-0.2, -0.15) is 5.10 Å². The van der Waals surface area contributed by atoms with Crippen molar-refractivity contribution < 1.29 is 22.7 Å². The molecule has 1 aliphatic carbocycles. The Bertz CT molecular complexity index is 743. The standard InChI is InChI=1S/C15H13F3N2O2/c1-2-22-15(21)14-10-3-7(4-12(10)19-20-14)9-5-8(16)6-11(17)13(9)18/h5-7H,2-4H2,1H3,(H,19,20). The summed E-state index contributed by atoms with van der Waals surface area (Å²) >= 11 is 0. The van der Waals surface area contributed by atoms with Crippen LogP contribution < -0.4 is 0 Å². The van der Waals surface area contributed by atoms with Crippen LogP contribution in [0.4, 0.5) is 13.2 Å². The van der Waals surface area contributed by atoms with E-state index in [-0.39, 0.29) is 24.3 Å². The predicted octanol–water partition coefficient (Wildman–Crippen LogP) is 2.89. The maximum Gasteiger partial charge on any atom is 0.359 e. The van der Waals surface area contributed by atoms with Crippen molar-refractivity contribution in [2.75, 3.05) is 6.61 Å². The second-order valence-corrected chi connectivity index (χ2v) is 5.15. The summed E-state index contributed by atoms with van der Waals surface area (Å²) in [5.74, 6) is -4.10. The van der Waals surface area contributed by atoms with Crippen LogP contribution in [0.1, 0.15) is 40.2 Å². The first kappa shape index (κ1) is 14.6. The van der Waals surface area contributed by atoms with Gasteiger partial charge in [0.1, 0.15) is 5.82 Å². The third kappa shape index (κ3) is 2.36. The zero-order valence-corrected chi connectivity index (χ0v) is 11.8. The first-order valence-electron chi connectivity index (χ1n) is 6.89. The van der Waals surface area contributed by atoms with Gasteiger partial charge in [-0.3, -0.25) is 5.10 Å². The largest absolute Gasteiger partial charge is 0.461 e. The van der Waals surface area contributed by atoms with E-state index in [9.17, 15) is 18.0 Å². The number of hydrogen-bond acceptors (Lipinski definition) is 3. The van der Waals surface area contributed by atoms with Crippen LogP contribution in [0.3, 0.4) is 0 Å². The van der Waals surface area contributed by atoms with Gasteiger partial charge in [0.2, 0.25) is 0 Å². The highest BCUT2D eigenvalue weighted by molar-refractivity contribution is 5.89. The number of nitrogens with zero attached hydrogens (tertiary/aromatic N) is 1.